The van der Waals surface area contributed by atoms with Crippen LogP contribution in [0.3, 0.4) is 0 Å². The summed E-state index contributed by atoms with van der Waals surface area (Å²) in [5.74, 6) is 2.29. The minimum absolute atomic E-state index is 0.0271. The molecular formula is C26H27NO6. The van der Waals surface area contributed by atoms with Crippen LogP contribution in [0.1, 0.15) is 56.1 Å². The molecule has 1 N–H and O–H groups in total. The van der Waals surface area contributed by atoms with Gasteiger partial charge in [-0.15, -0.1) is 0 Å². The number of benzene rings is 2. The molecule has 2 unspecified atom stereocenters. The van der Waals surface area contributed by atoms with E-state index in [9.17, 15) is 9.59 Å². The van der Waals surface area contributed by atoms with E-state index >= 15 is 0 Å². The number of hydrogen-bond donors (Lipinski definition) is 1. The van der Waals surface area contributed by atoms with Gasteiger partial charge in [0.15, 0.2) is 28.8 Å². The largest absolute Gasteiger partial charge is 0.493 e. The van der Waals surface area contributed by atoms with Gasteiger partial charge >= 0.3 is 0 Å². The molecule has 33 heavy (non-hydrogen) atoms. The molecule has 0 radical (unpaired) electrons. The summed E-state index contributed by atoms with van der Waals surface area (Å²) in [5.41, 5.74) is 3.31. The predicted molar refractivity (Wildman–Crippen MR) is 121 cm³/mol. The summed E-state index contributed by atoms with van der Waals surface area (Å²) < 4.78 is 22.2. The van der Waals surface area contributed by atoms with Crippen LogP contribution in [0, 0.1) is 0 Å². The van der Waals surface area contributed by atoms with Crippen LogP contribution in [0.5, 0.6) is 23.0 Å². The lowest BCUT2D eigenvalue weighted by atomic mass is 9.73. The molecule has 0 fully saturated rings. The van der Waals surface area contributed by atoms with Gasteiger partial charge in [-0.25, -0.2) is 0 Å². The van der Waals surface area contributed by atoms with Gasteiger partial charge in [-0.3, -0.25) is 9.59 Å². The van der Waals surface area contributed by atoms with Gasteiger partial charge in [0.1, 0.15) is 0 Å². The molecule has 7 nitrogen and oxygen atoms in total. The van der Waals surface area contributed by atoms with Crippen molar-refractivity contribution in [3.05, 3.63) is 58.8 Å². The molecule has 3 aliphatic rings. The standard InChI is InChI=1S/C26H27NO6/c1-14(2)33-22-7-4-15(10-23(22)30-3)17-8-19-26(20(28)9-17)18(12-25(29)27-19)16-5-6-21-24(11-16)32-13-31-21/h4-7,10-11,14,17-18H,8-9,12-13H2,1-3H3,(H,27,29). The predicted octanol–water partition coefficient (Wildman–Crippen LogP) is 4.22. The first kappa shape index (κ1) is 21.4. The van der Waals surface area contributed by atoms with Gasteiger partial charge in [-0.1, -0.05) is 12.1 Å². The molecule has 2 aliphatic heterocycles. The van der Waals surface area contributed by atoms with Crippen LogP contribution >= 0.6 is 0 Å². The number of allylic oxidation sites excluding steroid dienone is 2. The molecule has 0 saturated heterocycles. The lowest BCUT2D eigenvalue weighted by molar-refractivity contribution is -0.122. The van der Waals surface area contributed by atoms with Gasteiger partial charge in [-0.05, 0) is 61.6 Å². The zero-order valence-electron chi connectivity index (χ0n) is 19.0. The first-order valence-corrected chi connectivity index (χ1v) is 11.2. The zero-order valence-corrected chi connectivity index (χ0v) is 19.0. The summed E-state index contributed by atoms with van der Waals surface area (Å²) in [6.07, 6.45) is 1.23. The molecule has 2 aromatic rings. The molecule has 0 saturated carbocycles. The Bertz CT molecular complexity index is 1150. The molecule has 172 valence electrons. The maximum atomic E-state index is 13.4. The summed E-state index contributed by atoms with van der Waals surface area (Å²) in [6, 6.07) is 11.4. The second kappa shape index (κ2) is 8.46. The lowest BCUT2D eigenvalue weighted by Gasteiger charge is -2.34. The highest BCUT2D eigenvalue weighted by atomic mass is 16.7. The smallest absolute Gasteiger partial charge is 0.231 e. The third-order valence-corrected chi connectivity index (χ3v) is 6.36. The van der Waals surface area contributed by atoms with Crippen LogP contribution in [-0.4, -0.2) is 31.7 Å². The monoisotopic (exact) mass is 449 g/mol. The van der Waals surface area contributed by atoms with Gasteiger partial charge in [0.2, 0.25) is 12.7 Å². The van der Waals surface area contributed by atoms with Crippen LogP contribution in [0.2, 0.25) is 0 Å². The van der Waals surface area contributed by atoms with E-state index in [0.717, 1.165) is 16.8 Å². The van der Waals surface area contributed by atoms with Gasteiger partial charge in [0.05, 0.1) is 13.2 Å². The molecule has 0 aromatic heterocycles. The Hall–Kier alpha value is -3.48. The summed E-state index contributed by atoms with van der Waals surface area (Å²) in [5, 5.41) is 2.97. The maximum Gasteiger partial charge on any atom is 0.231 e. The molecular weight excluding hydrogens is 422 g/mol. The molecule has 2 atom stereocenters. The van der Waals surface area contributed by atoms with Crippen LogP contribution in [0.25, 0.3) is 0 Å². The molecule has 2 heterocycles. The van der Waals surface area contributed by atoms with Crippen molar-refractivity contribution in [2.45, 2.75) is 51.0 Å². The third kappa shape index (κ3) is 4.03. The molecule has 2 aromatic carbocycles. The van der Waals surface area contributed by atoms with Gasteiger partial charge < -0.3 is 24.3 Å². The molecule has 0 spiro atoms. The lowest BCUT2D eigenvalue weighted by Crippen LogP contribution is -2.38. The molecule has 7 heteroatoms. The number of hydrogen-bond acceptors (Lipinski definition) is 6. The summed E-state index contributed by atoms with van der Waals surface area (Å²) in [6.45, 7) is 4.11. The Morgan fingerprint density at radius 3 is 2.52 bits per heavy atom. The van der Waals surface area contributed by atoms with Crippen molar-refractivity contribution >= 4 is 11.7 Å². The Kier molecular flexibility index (Phi) is 5.48. The van der Waals surface area contributed by atoms with Crippen LogP contribution in [-0.2, 0) is 9.59 Å². The van der Waals surface area contributed by atoms with Crippen LogP contribution < -0.4 is 24.3 Å². The van der Waals surface area contributed by atoms with Crippen LogP contribution in [0.15, 0.2) is 47.7 Å². The summed E-state index contributed by atoms with van der Waals surface area (Å²) in [7, 11) is 1.61. The topological polar surface area (TPSA) is 83.1 Å². The van der Waals surface area contributed by atoms with E-state index < -0.39 is 0 Å². The number of nitrogens with one attached hydrogen (secondary N) is 1. The van der Waals surface area contributed by atoms with Crippen molar-refractivity contribution in [1.29, 1.82) is 0 Å². The fourth-order valence-corrected chi connectivity index (χ4v) is 4.90. The minimum Gasteiger partial charge on any atom is -0.493 e. The van der Waals surface area contributed by atoms with Crippen molar-refractivity contribution in [3.8, 4) is 23.0 Å². The van der Waals surface area contributed by atoms with Crippen LogP contribution in [0.4, 0.5) is 0 Å². The first-order valence-electron chi connectivity index (χ1n) is 11.2. The highest BCUT2D eigenvalue weighted by Gasteiger charge is 2.38. The fraction of sp³-hybridized carbons (Fsp3) is 0.385. The normalized spacial score (nSPS) is 21.7. The quantitative estimate of drug-likeness (QED) is 0.736. The van der Waals surface area contributed by atoms with E-state index in [4.69, 9.17) is 18.9 Å². The van der Waals surface area contributed by atoms with Gasteiger partial charge in [-0.2, -0.15) is 0 Å². The average molecular weight is 450 g/mol. The molecule has 0 bridgehead atoms. The SMILES string of the molecule is COc1cc(C2CC(=O)C3=C(C2)NC(=O)CC3c2ccc3c(c2)OCO3)ccc1OC(C)C. The molecule has 1 aliphatic carbocycles. The average Bonchev–Trinajstić information content (AvgIpc) is 3.26. The number of carbonyl (C=O) groups excluding carboxylic acids is 2. The fourth-order valence-electron chi connectivity index (χ4n) is 4.90. The number of fused-ring (bicyclic) bond motifs is 1. The van der Waals surface area contributed by atoms with Crippen molar-refractivity contribution in [2.24, 2.45) is 0 Å². The number of amides is 1. The number of ketones is 1. The van der Waals surface area contributed by atoms with Crippen molar-refractivity contribution < 1.29 is 28.5 Å². The van der Waals surface area contributed by atoms with E-state index in [1.54, 1.807) is 7.11 Å². The molecule has 5 rings (SSSR count). The van der Waals surface area contributed by atoms with E-state index in [-0.39, 0.29) is 42.8 Å². The highest BCUT2D eigenvalue weighted by Crippen LogP contribution is 2.45. The molecule has 1 amide bonds. The summed E-state index contributed by atoms with van der Waals surface area (Å²) in [4.78, 5) is 26.0. The first-order chi connectivity index (χ1) is 15.9. The van der Waals surface area contributed by atoms with Crippen molar-refractivity contribution in [2.75, 3.05) is 13.9 Å². The Balaban J connectivity index is 1.46. The zero-order chi connectivity index (χ0) is 23.1. The maximum absolute atomic E-state index is 13.4. The second-order valence-electron chi connectivity index (χ2n) is 8.92. The van der Waals surface area contributed by atoms with Gasteiger partial charge in [0.25, 0.3) is 0 Å². The summed E-state index contributed by atoms with van der Waals surface area (Å²) >= 11 is 0. The number of carbonyl (C=O) groups is 2. The Morgan fingerprint density at radius 1 is 0.939 bits per heavy atom. The number of ether oxygens (including phenoxy) is 4. The Morgan fingerprint density at radius 2 is 1.73 bits per heavy atom. The van der Waals surface area contributed by atoms with E-state index in [2.05, 4.69) is 5.32 Å². The van der Waals surface area contributed by atoms with E-state index in [1.807, 2.05) is 50.2 Å². The minimum atomic E-state index is -0.284. The second-order valence-corrected chi connectivity index (χ2v) is 8.92. The van der Waals surface area contributed by atoms with Crippen molar-refractivity contribution in [1.82, 2.24) is 5.32 Å². The number of methoxy groups -OCH3 is 1. The third-order valence-electron chi connectivity index (χ3n) is 6.36. The Labute approximate surface area is 192 Å². The number of Topliss-reactive ketones (excluding diaryl/α,β-unsaturated/α-hetero) is 1. The highest BCUT2D eigenvalue weighted by molar-refractivity contribution is 6.02. The van der Waals surface area contributed by atoms with E-state index in [0.29, 0.717) is 41.4 Å². The van der Waals surface area contributed by atoms with E-state index in [1.165, 1.54) is 0 Å². The van der Waals surface area contributed by atoms with Crippen molar-refractivity contribution in [3.63, 3.8) is 0 Å². The van der Waals surface area contributed by atoms with Gasteiger partial charge in [0, 0.05) is 30.0 Å². The number of rotatable bonds is 5.